The van der Waals surface area contributed by atoms with Gasteiger partial charge in [0.15, 0.2) is 17.1 Å². The van der Waals surface area contributed by atoms with Crippen LogP contribution in [0.5, 0.6) is 0 Å². The second kappa shape index (κ2) is 14.5. The van der Waals surface area contributed by atoms with Gasteiger partial charge in [-0.2, -0.15) is 0 Å². The van der Waals surface area contributed by atoms with Crippen LogP contribution in [0.25, 0.3) is 89.4 Å². The third kappa shape index (κ3) is 6.07. The molecule has 5 aliphatic rings. The van der Waals surface area contributed by atoms with Gasteiger partial charge in [-0.1, -0.05) is 158 Å². The van der Waals surface area contributed by atoms with E-state index in [0.29, 0.717) is 39.7 Å². The predicted octanol–water partition coefficient (Wildman–Crippen LogP) is 10.6. The topological polar surface area (TPSA) is 109 Å². The lowest BCUT2D eigenvalue weighted by molar-refractivity contribution is 0.915. The summed E-state index contributed by atoms with van der Waals surface area (Å²) in [6, 6.07) is 54.6. The normalized spacial score (nSPS) is 16.4. The zero-order valence-electron chi connectivity index (χ0n) is 34.3. The maximum absolute atomic E-state index is 5.42. The predicted molar refractivity (Wildman–Crippen MR) is 255 cm³/mol. The molecule has 0 fully saturated rings. The maximum Gasteiger partial charge on any atom is 0.164 e. The van der Waals surface area contributed by atoms with Gasteiger partial charge in [0.05, 0.1) is 11.8 Å². The number of fused-ring (bicyclic) bond motifs is 18. The Bertz CT molecular complexity index is 3710. The first kappa shape index (κ1) is 36.1. The fourth-order valence-corrected chi connectivity index (χ4v) is 9.36. The summed E-state index contributed by atoms with van der Waals surface area (Å²) in [5.41, 5.74) is 15.2. The number of benzene rings is 6. The van der Waals surface area contributed by atoms with Gasteiger partial charge in [0.2, 0.25) is 0 Å². The van der Waals surface area contributed by atoms with Crippen molar-refractivity contribution in [2.75, 3.05) is 0 Å². The molecule has 8 nitrogen and oxygen atoms in total. The molecule has 8 bridgehead atoms. The van der Waals surface area contributed by atoms with Crippen LogP contribution < -0.4 is 11.0 Å². The number of rotatable bonds is 4. The van der Waals surface area contributed by atoms with Crippen molar-refractivity contribution in [1.29, 1.82) is 0 Å². The van der Waals surface area contributed by atoms with Crippen molar-refractivity contribution in [3.8, 4) is 45.0 Å². The van der Waals surface area contributed by atoms with Gasteiger partial charge in [0.25, 0.3) is 0 Å². The zero-order chi connectivity index (χ0) is 42.1. The van der Waals surface area contributed by atoms with Crippen LogP contribution in [-0.2, 0) is 0 Å². The Morgan fingerprint density at radius 3 is 1.66 bits per heavy atom. The first-order valence-corrected chi connectivity index (χ1v) is 21.5. The molecular formula is C56H36N8. The van der Waals surface area contributed by atoms with Crippen molar-refractivity contribution in [2.24, 2.45) is 0 Å². The molecule has 0 radical (unpaired) electrons. The van der Waals surface area contributed by atoms with Crippen molar-refractivity contribution in [3.05, 3.63) is 228 Å². The molecule has 2 aliphatic carbocycles. The van der Waals surface area contributed by atoms with Crippen LogP contribution in [0.2, 0.25) is 0 Å². The van der Waals surface area contributed by atoms with Crippen LogP contribution >= 0.6 is 0 Å². The highest BCUT2D eigenvalue weighted by atomic mass is 15.1. The van der Waals surface area contributed by atoms with E-state index in [1.165, 1.54) is 0 Å². The Morgan fingerprint density at radius 1 is 0.391 bits per heavy atom. The van der Waals surface area contributed by atoms with Gasteiger partial charge in [-0.3, -0.25) is 0 Å². The summed E-state index contributed by atoms with van der Waals surface area (Å²) < 4.78 is 0. The molecule has 0 saturated heterocycles. The fraction of sp³-hybridized carbons (Fsp3) is 0.0357. The van der Waals surface area contributed by atoms with E-state index >= 15 is 0 Å². The lowest BCUT2D eigenvalue weighted by Crippen LogP contribution is -2.14. The van der Waals surface area contributed by atoms with Crippen molar-refractivity contribution in [1.82, 2.24) is 39.9 Å². The minimum Gasteiger partial charge on any atom is -0.327 e. The molecule has 5 heterocycles. The van der Waals surface area contributed by atoms with Crippen molar-refractivity contribution < 1.29 is 0 Å². The SMILES string of the molecule is C1=CC2C(=c3nc2nc2nc(nc4[nH]c(nc5[nH]c(n3)C3C=CC(c6ccccc6)=CC=53)c3ccc(-c5ccccc5)cc43)-c3ccc(-c4ccccc4)cc3-2)C=C1c1ccccc1. The largest absolute Gasteiger partial charge is 0.327 e. The van der Waals surface area contributed by atoms with E-state index < -0.39 is 0 Å². The maximum atomic E-state index is 5.42. The van der Waals surface area contributed by atoms with Crippen LogP contribution in [0.3, 0.4) is 0 Å². The molecule has 0 saturated carbocycles. The number of H-pyrrole nitrogens is 2. The summed E-state index contributed by atoms with van der Waals surface area (Å²) in [6.45, 7) is 0. The Hall–Kier alpha value is -8.62. The smallest absolute Gasteiger partial charge is 0.164 e. The van der Waals surface area contributed by atoms with E-state index in [2.05, 4.69) is 180 Å². The van der Waals surface area contributed by atoms with Crippen LogP contribution in [0.15, 0.2) is 194 Å². The standard InChI is InChI=1S/C56H36N8/c1-5-13-33(14-6-1)37-21-25-41-45(29-37)53-57-49(41)62-54-47-31-39(35-17-9-3-10-18-35)23-27-43(47)51(59-54)64-56-48-32-40(36-19-11-4-12-20-36)24-28-44(48)52(60-56)63-55-46-30-38(34-15-7-2-8-16-34)22-26-42(46)50(58-55)61-53/h1-32,41-42H,(H,58,61)(H,57,59,60,62,63,64). The molecule has 300 valence electrons. The quantitative estimate of drug-likeness (QED) is 0.183. The minimum absolute atomic E-state index is 0.185. The third-order valence-corrected chi connectivity index (χ3v) is 12.6. The highest BCUT2D eigenvalue weighted by Crippen LogP contribution is 2.40. The van der Waals surface area contributed by atoms with Gasteiger partial charge >= 0.3 is 0 Å². The number of hydrogen-bond donors (Lipinski definition) is 2. The van der Waals surface area contributed by atoms with Gasteiger partial charge in [-0.15, -0.1) is 0 Å². The van der Waals surface area contributed by atoms with Gasteiger partial charge in [0, 0.05) is 33.0 Å². The van der Waals surface area contributed by atoms with Crippen molar-refractivity contribution in [3.63, 3.8) is 0 Å². The summed E-state index contributed by atoms with van der Waals surface area (Å²) in [5.74, 6) is 2.07. The summed E-state index contributed by atoms with van der Waals surface area (Å²) in [5, 5.41) is 1.87. The third-order valence-electron chi connectivity index (χ3n) is 12.6. The Labute approximate surface area is 367 Å². The molecule has 3 aliphatic heterocycles. The number of aromatic amines is 2. The summed E-state index contributed by atoms with van der Waals surface area (Å²) >= 11 is 0. The summed E-state index contributed by atoms with van der Waals surface area (Å²) in [7, 11) is 0. The van der Waals surface area contributed by atoms with Crippen molar-refractivity contribution >= 4 is 44.4 Å². The molecule has 2 unspecified atom stereocenters. The van der Waals surface area contributed by atoms with Gasteiger partial charge in [0.1, 0.15) is 28.4 Å². The molecule has 13 rings (SSSR count). The Kier molecular flexibility index (Phi) is 8.17. The molecule has 2 atom stereocenters. The number of nitrogens with zero attached hydrogens (tertiary/aromatic N) is 6. The van der Waals surface area contributed by atoms with Gasteiger partial charge in [-0.05, 0) is 80.9 Å². The second-order valence-electron chi connectivity index (χ2n) is 16.4. The first-order valence-electron chi connectivity index (χ1n) is 21.5. The monoisotopic (exact) mass is 820 g/mol. The van der Waals surface area contributed by atoms with E-state index in [4.69, 9.17) is 29.9 Å². The highest BCUT2D eigenvalue weighted by molar-refractivity contribution is 6.06. The molecule has 2 aromatic heterocycles. The fourth-order valence-electron chi connectivity index (χ4n) is 9.36. The van der Waals surface area contributed by atoms with E-state index in [1.807, 2.05) is 24.3 Å². The number of hydrogen-bond acceptors (Lipinski definition) is 6. The number of allylic oxidation sites excluding steroid dienone is 8. The van der Waals surface area contributed by atoms with Gasteiger partial charge < -0.3 is 9.97 Å². The van der Waals surface area contributed by atoms with Crippen LogP contribution in [0, 0.1) is 0 Å². The molecule has 0 amide bonds. The lowest BCUT2D eigenvalue weighted by atomic mass is 9.89. The number of aromatic nitrogens is 8. The lowest BCUT2D eigenvalue weighted by Gasteiger charge is -2.15. The van der Waals surface area contributed by atoms with E-state index in [1.54, 1.807) is 0 Å². The summed E-state index contributed by atoms with van der Waals surface area (Å²) in [4.78, 5) is 39.4. The minimum atomic E-state index is -0.234. The van der Waals surface area contributed by atoms with E-state index in [9.17, 15) is 0 Å². The van der Waals surface area contributed by atoms with Crippen LogP contribution in [-0.4, -0.2) is 39.9 Å². The highest BCUT2D eigenvalue weighted by Gasteiger charge is 2.30. The number of nitrogens with one attached hydrogen (secondary N) is 2. The molecular weight excluding hydrogens is 785 g/mol. The molecule has 0 spiro atoms. The average Bonchev–Trinajstić information content (AvgIpc) is 4.10. The Morgan fingerprint density at radius 2 is 0.969 bits per heavy atom. The van der Waals surface area contributed by atoms with Crippen molar-refractivity contribution in [2.45, 2.75) is 11.8 Å². The molecule has 64 heavy (non-hydrogen) atoms. The van der Waals surface area contributed by atoms with E-state index in [0.717, 1.165) is 83.4 Å². The molecule has 8 heteroatoms. The van der Waals surface area contributed by atoms with Crippen LogP contribution in [0.1, 0.15) is 34.6 Å². The second-order valence-corrected chi connectivity index (χ2v) is 16.4. The zero-order valence-corrected chi connectivity index (χ0v) is 34.3. The molecule has 6 aromatic carbocycles. The molecule has 8 aromatic rings. The summed E-state index contributed by atoms with van der Waals surface area (Å²) in [6.07, 6.45) is 13.2. The van der Waals surface area contributed by atoms with Crippen LogP contribution in [0.4, 0.5) is 0 Å². The first-order chi connectivity index (χ1) is 31.7. The Balaban J connectivity index is 1.13. The van der Waals surface area contributed by atoms with Gasteiger partial charge in [-0.25, -0.2) is 29.9 Å². The average molecular weight is 821 g/mol. The molecule has 2 N–H and O–H groups in total. The van der Waals surface area contributed by atoms with E-state index in [-0.39, 0.29) is 11.8 Å².